The number of aromatic nitrogens is 2. The first-order valence-corrected chi connectivity index (χ1v) is 19.7. The third-order valence-electron chi connectivity index (χ3n) is 8.91. The Kier molecular flexibility index (Phi) is 14.0. The van der Waals surface area contributed by atoms with E-state index in [9.17, 15) is 19.7 Å². The van der Waals surface area contributed by atoms with Crippen LogP contribution in [0.5, 0.6) is 11.5 Å². The predicted octanol–water partition coefficient (Wildman–Crippen LogP) is 6.68. The van der Waals surface area contributed by atoms with Crippen molar-refractivity contribution in [2.75, 3.05) is 12.8 Å². The van der Waals surface area contributed by atoms with Crippen LogP contribution >= 0.6 is 7.87 Å². The third kappa shape index (κ3) is 10.6. The van der Waals surface area contributed by atoms with Crippen molar-refractivity contribution in [3.05, 3.63) is 128 Å². The van der Waals surface area contributed by atoms with Crippen molar-refractivity contribution in [1.29, 1.82) is 5.26 Å². The minimum absolute atomic E-state index is 0.0674. The lowest BCUT2D eigenvalue weighted by atomic mass is 10.2. The zero-order valence-corrected chi connectivity index (χ0v) is 31.9. The molecule has 1 fully saturated rings. The monoisotopic (exact) mass is 745 g/mol. The average Bonchev–Trinajstić information content (AvgIpc) is 3.52. The Balaban J connectivity index is 1.36. The highest BCUT2D eigenvalue weighted by atomic mass is 31.2. The maximum absolute atomic E-state index is 12.9. The highest BCUT2D eigenvalue weighted by molar-refractivity contribution is 7.63. The lowest BCUT2D eigenvalue weighted by Crippen LogP contribution is -2.41. The van der Waals surface area contributed by atoms with Crippen LogP contribution in [-0.2, 0) is 33.8 Å². The average molecular weight is 746 g/mol. The molecular formula is C40H50N4O8P+. The Morgan fingerprint density at radius 1 is 0.925 bits per heavy atom. The Hall–Kier alpha value is -4.34. The smallest absolute Gasteiger partial charge is 0.347 e. The third-order valence-corrected chi connectivity index (χ3v) is 12.0. The van der Waals surface area contributed by atoms with Crippen molar-refractivity contribution in [2.24, 2.45) is 0 Å². The van der Waals surface area contributed by atoms with Gasteiger partial charge >= 0.3 is 13.6 Å². The summed E-state index contributed by atoms with van der Waals surface area (Å²) in [5.41, 5.74) is 2.17. The van der Waals surface area contributed by atoms with E-state index in [1.165, 1.54) is 10.8 Å². The van der Waals surface area contributed by atoms with Crippen molar-refractivity contribution in [3.63, 3.8) is 0 Å². The molecule has 2 N–H and O–H groups in total. The number of H-pyrrole nitrogens is 1. The van der Waals surface area contributed by atoms with Crippen LogP contribution in [0.2, 0.25) is 0 Å². The van der Waals surface area contributed by atoms with Gasteiger partial charge in [-0.15, -0.1) is 4.67 Å². The molecule has 0 saturated carbocycles. The van der Waals surface area contributed by atoms with Crippen LogP contribution in [0.4, 0.5) is 0 Å². The molecule has 12 nitrogen and oxygen atoms in total. The lowest BCUT2D eigenvalue weighted by molar-refractivity contribution is -0.0651. The molecule has 53 heavy (non-hydrogen) atoms. The summed E-state index contributed by atoms with van der Waals surface area (Å²) in [7, 11) is -3.31. The number of nitrogens with zero attached hydrogens (tertiary/aromatic N) is 3. The molecule has 0 spiro atoms. The SMILES string of the molecule is Cc1cn([C@H]2C[C@H](O[P+](O)(CCC#N)N(C(C)C)C(C)C)[C@@H](COCc3ccc(OCc4ccccc4)c(OCc4ccccc4)c3)O2)c(=O)[nH]c1=O. The largest absolute Gasteiger partial charge is 0.485 e. The van der Waals surface area contributed by atoms with Gasteiger partial charge in [0.05, 0.1) is 25.7 Å². The van der Waals surface area contributed by atoms with Gasteiger partial charge in [-0.25, -0.2) is 9.69 Å². The molecule has 1 aromatic heterocycles. The summed E-state index contributed by atoms with van der Waals surface area (Å²) < 4.78 is 35.0. The maximum Gasteiger partial charge on any atom is 0.347 e. The molecule has 1 saturated heterocycles. The summed E-state index contributed by atoms with van der Waals surface area (Å²) >= 11 is 0. The molecular weight excluding hydrogens is 695 g/mol. The van der Waals surface area contributed by atoms with Gasteiger partial charge in [0.15, 0.2) is 11.5 Å². The fraction of sp³-hybridized carbons (Fsp3) is 0.425. The number of hydrogen-bond acceptors (Lipinski definition) is 10. The highest BCUT2D eigenvalue weighted by Crippen LogP contribution is 2.63. The van der Waals surface area contributed by atoms with E-state index in [0.29, 0.717) is 30.3 Å². The normalized spacial score (nSPS) is 18.3. The number of nitrogens with one attached hydrogen (secondary N) is 1. The van der Waals surface area contributed by atoms with Crippen LogP contribution in [0.1, 0.15) is 69.0 Å². The summed E-state index contributed by atoms with van der Waals surface area (Å²) in [6.07, 6.45) is -0.218. The number of aryl methyl sites for hydroxylation is 1. The van der Waals surface area contributed by atoms with Crippen LogP contribution in [0.15, 0.2) is 94.6 Å². The van der Waals surface area contributed by atoms with Crippen molar-refractivity contribution in [1.82, 2.24) is 14.2 Å². The van der Waals surface area contributed by atoms with Gasteiger partial charge in [0, 0.05) is 30.3 Å². The molecule has 0 bridgehead atoms. The van der Waals surface area contributed by atoms with Gasteiger partial charge < -0.3 is 18.9 Å². The maximum atomic E-state index is 12.9. The Labute approximate surface area is 311 Å². The van der Waals surface area contributed by atoms with E-state index in [-0.39, 0.29) is 44.3 Å². The fourth-order valence-corrected chi connectivity index (χ4v) is 9.46. The van der Waals surface area contributed by atoms with Crippen LogP contribution < -0.4 is 20.7 Å². The molecule has 2 heterocycles. The van der Waals surface area contributed by atoms with Crippen molar-refractivity contribution in [2.45, 2.75) is 97.8 Å². The Morgan fingerprint density at radius 2 is 1.55 bits per heavy atom. The van der Waals surface area contributed by atoms with Crippen molar-refractivity contribution >= 4 is 7.87 Å². The van der Waals surface area contributed by atoms with Gasteiger partial charge in [-0.2, -0.15) is 9.79 Å². The van der Waals surface area contributed by atoms with Gasteiger partial charge in [-0.05, 0) is 63.4 Å². The molecule has 4 atom stereocenters. The zero-order valence-electron chi connectivity index (χ0n) is 31.0. The van der Waals surface area contributed by atoms with Gasteiger partial charge in [0.25, 0.3) is 5.56 Å². The van der Waals surface area contributed by atoms with E-state index in [1.54, 1.807) is 6.92 Å². The second-order valence-electron chi connectivity index (χ2n) is 13.7. The van der Waals surface area contributed by atoms with Gasteiger partial charge in [-0.1, -0.05) is 66.7 Å². The lowest BCUT2D eigenvalue weighted by Gasteiger charge is -2.36. The molecule has 0 amide bonds. The molecule has 0 radical (unpaired) electrons. The van der Waals surface area contributed by atoms with Crippen molar-refractivity contribution < 1.29 is 28.4 Å². The van der Waals surface area contributed by atoms with E-state index >= 15 is 0 Å². The first kappa shape index (κ1) is 39.9. The number of ether oxygens (including phenoxy) is 4. The van der Waals surface area contributed by atoms with E-state index in [4.69, 9.17) is 23.5 Å². The van der Waals surface area contributed by atoms with E-state index in [2.05, 4.69) is 11.1 Å². The van der Waals surface area contributed by atoms with Gasteiger partial charge in [0.1, 0.15) is 37.8 Å². The summed E-state index contributed by atoms with van der Waals surface area (Å²) in [5, 5.41) is 9.46. The highest BCUT2D eigenvalue weighted by Gasteiger charge is 2.54. The number of aromatic amines is 1. The molecule has 3 aromatic carbocycles. The Morgan fingerprint density at radius 3 is 2.15 bits per heavy atom. The fourth-order valence-electron chi connectivity index (χ4n) is 6.52. The predicted molar refractivity (Wildman–Crippen MR) is 203 cm³/mol. The summed E-state index contributed by atoms with van der Waals surface area (Å²) in [6, 6.07) is 27.5. The molecule has 0 aliphatic carbocycles. The van der Waals surface area contributed by atoms with E-state index < -0.39 is 37.6 Å². The molecule has 5 rings (SSSR count). The van der Waals surface area contributed by atoms with E-state index in [0.717, 1.165) is 16.7 Å². The minimum Gasteiger partial charge on any atom is -0.485 e. The molecule has 4 aromatic rings. The first-order valence-electron chi connectivity index (χ1n) is 17.9. The summed E-state index contributed by atoms with van der Waals surface area (Å²) in [4.78, 5) is 39.5. The van der Waals surface area contributed by atoms with Gasteiger partial charge in [0.2, 0.25) is 0 Å². The van der Waals surface area contributed by atoms with Crippen molar-refractivity contribution in [3.8, 4) is 17.6 Å². The number of benzene rings is 3. The molecule has 1 aliphatic heterocycles. The second kappa shape index (κ2) is 18.6. The summed E-state index contributed by atoms with van der Waals surface area (Å²) in [6.45, 7) is 10.5. The van der Waals surface area contributed by atoms with Gasteiger partial charge in [-0.3, -0.25) is 14.3 Å². The van der Waals surface area contributed by atoms with Crippen LogP contribution in [0, 0.1) is 18.3 Å². The number of rotatable bonds is 18. The topological polar surface area (TPSA) is 148 Å². The molecule has 13 heteroatoms. The molecule has 282 valence electrons. The second-order valence-corrected chi connectivity index (χ2v) is 16.1. The quantitative estimate of drug-likeness (QED) is 0.106. The minimum atomic E-state index is -3.31. The number of hydrogen-bond donors (Lipinski definition) is 2. The first-order chi connectivity index (χ1) is 25.5. The molecule has 1 aliphatic rings. The van der Waals surface area contributed by atoms with Crippen LogP contribution in [0.25, 0.3) is 0 Å². The Bertz CT molecular complexity index is 1920. The number of nitriles is 1. The molecule has 1 unspecified atom stereocenters. The van der Waals surface area contributed by atoms with E-state index in [1.807, 2.05) is 111 Å². The zero-order chi connectivity index (χ0) is 38.0. The summed E-state index contributed by atoms with van der Waals surface area (Å²) in [5.74, 6) is 1.18. The standard InChI is InChI=1S/C40H49N4O8P/c1-28(2)44(29(3)4)53(47,20-12-19-41)52-36-22-38(43-23-30(5)39(45)42-40(43)46)51-37(36)27-48-24-33-17-18-34(49-25-31-13-8-6-9-14-31)35(21-33)50-26-32-15-10-7-11-16-32/h6-11,13-18,21,23,28-29,36-38,47H,12,20,22,24-27H2,1-5H3/p+1/t36-,37+,38+,53?/m0/s1. The van der Waals surface area contributed by atoms with Crippen LogP contribution in [0.3, 0.4) is 0 Å². The van der Waals surface area contributed by atoms with Crippen LogP contribution in [-0.4, -0.2) is 56.2 Å².